The van der Waals surface area contributed by atoms with E-state index in [2.05, 4.69) is 4.90 Å². The van der Waals surface area contributed by atoms with Gasteiger partial charge in [-0.25, -0.2) is 4.39 Å². The minimum Gasteiger partial charge on any atom is -0.505 e. The fourth-order valence-electron chi connectivity index (χ4n) is 2.38. The third-order valence-electron chi connectivity index (χ3n) is 3.36. The number of halogens is 1. The summed E-state index contributed by atoms with van der Waals surface area (Å²) >= 11 is 0. The van der Waals surface area contributed by atoms with Crippen LogP contribution < -0.4 is 0 Å². The van der Waals surface area contributed by atoms with Crippen molar-refractivity contribution in [2.75, 3.05) is 19.7 Å². The molecule has 0 bridgehead atoms. The van der Waals surface area contributed by atoms with Gasteiger partial charge in [-0.05, 0) is 37.5 Å². The van der Waals surface area contributed by atoms with Crippen LogP contribution in [0.3, 0.4) is 0 Å². The summed E-state index contributed by atoms with van der Waals surface area (Å²) in [6, 6.07) is 4.59. The number of ether oxygens (including phenoxy) is 1. The molecule has 0 radical (unpaired) electrons. The first-order valence-electron chi connectivity index (χ1n) is 6.50. The fourth-order valence-corrected chi connectivity index (χ4v) is 2.38. The number of rotatable bonds is 4. The van der Waals surface area contributed by atoms with Crippen molar-refractivity contribution in [2.45, 2.75) is 32.4 Å². The quantitative estimate of drug-likeness (QED) is 0.895. The molecule has 100 valence electrons. The number of benzene rings is 1. The van der Waals surface area contributed by atoms with Gasteiger partial charge in [-0.1, -0.05) is 6.07 Å². The summed E-state index contributed by atoms with van der Waals surface area (Å²) in [5, 5.41) is 9.14. The van der Waals surface area contributed by atoms with E-state index < -0.39 is 5.82 Å². The number of hydrogen-bond donors (Lipinski definition) is 1. The maximum absolute atomic E-state index is 13.2. The lowest BCUT2D eigenvalue weighted by Crippen LogP contribution is -2.36. The Hall–Kier alpha value is -1.13. The van der Waals surface area contributed by atoms with Crippen LogP contribution in [0.2, 0.25) is 0 Å². The smallest absolute Gasteiger partial charge is 0.165 e. The number of likely N-dealkylation sites (tertiary alicyclic amines) is 1. The predicted octanol–water partition coefficient (Wildman–Crippen LogP) is 2.53. The third-order valence-corrected chi connectivity index (χ3v) is 3.36. The van der Waals surface area contributed by atoms with Gasteiger partial charge in [0.25, 0.3) is 0 Å². The van der Waals surface area contributed by atoms with Gasteiger partial charge >= 0.3 is 0 Å². The van der Waals surface area contributed by atoms with Crippen LogP contribution in [0.25, 0.3) is 0 Å². The van der Waals surface area contributed by atoms with E-state index in [0.29, 0.717) is 6.10 Å². The number of aromatic hydroxyl groups is 1. The molecule has 0 spiro atoms. The summed E-state index contributed by atoms with van der Waals surface area (Å²) < 4.78 is 18.8. The second kappa shape index (κ2) is 6.16. The molecular weight excluding hydrogens is 233 g/mol. The van der Waals surface area contributed by atoms with Crippen molar-refractivity contribution in [3.8, 4) is 5.75 Å². The minimum absolute atomic E-state index is 0.284. The third kappa shape index (κ3) is 3.43. The molecular formula is C14H20FNO2. The van der Waals surface area contributed by atoms with E-state index in [1.54, 1.807) is 6.07 Å². The van der Waals surface area contributed by atoms with Crippen LogP contribution in [0, 0.1) is 5.82 Å². The Kier molecular flexibility index (Phi) is 4.55. The standard InChI is InChI=1S/C14H20FNO2/c1-2-18-12-5-7-16(8-6-12)10-11-3-4-14(17)13(15)9-11/h3-4,9,12,17H,2,5-8,10H2,1H3. The SMILES string of the molecule is CCOC1CCN(Cc2ccc(O)c(F)c2)CC1. The van der Waals surface area contributed by atoms with Crippen molar-refractivity contribution in [3.05, 3.63) is 29.6 Å². The molecule has 4 heteroatoms. The Bertz CT molecular complexity index is 389. The number of phenolic OH excluding ortho intramolecular Hbond substituents is 1. The summed E-state index contributed by atoms with van der Waals surface area (Å²) in [5.74, 6) is -0.828. The highest BCUT2D eigenvalue weighted by atomic mass is 19.1. The van der Waals surface area contributed by atoms with Crippen molar-refractivity contribution >= 4 is 0 Å². The second-order valence-corrected chi connectivity index (χ2v) is 4.72. The zero-order valence-electron chi connectivity index (χ0n) is 10.7. The molecule has 1 aliphatic rings. The molecule has 0 atom stereocenters. The van der Waals surface area contributed by atoms with Gasteiger partial charge in [0.2, 0.25) is 0 Å². The van der Waals surface area contributed by atoms with E-state index in [1.165, 1.54) is 12.1 Å². The number of nitrogens with zero attached hydrogens (tertiary/aromatic N) is 1. The van der Waals surface area contributed by atoms with Crippen LogP contribution in [-0.2, 0) is 11.3 Å². The first-order chi connectivity index (χ1) is 8.69. The molecule has 1 fully saturated rings. The summed E-state index contributed by atoms with van der Waals surface area (Å²) in [7, 11) is 0. The molecule has 1 aromatic rings. The molecule has 1 N–H and O–H groups in total. The van der Waals surface area contributed by atoms with Crippen molar-refractivity contribution in [1.29, 1.82) is 0 Å². The van der Waals surface area contributed by atoms with E-state index in [9.17, 15) is 4.39 Å². The lowest BCUT2D eigenvalue weighted by Gasteiger charge is -2.31. The van der Waals surface area contributed by atoms with Gasteiger partial charge in [0.15, 0.2) is 11.6 Å². The van der Waals surface area contributed by atoms with Crippen LogP contribution in [0.4, 0.5) is 4.39 Å². The van der Waals surface area contributed by atoms with Crippen LogP contribution >= 0.6 is 0 Å². The highest BCUT2D eigenvalue weighted by Gasteiger charge is 2.19. The Labute approximate surface area is 107 Å². The normalized spacial score (nSPS) is 18.1. The average molecular weight is 253 g/mol. The van der Waals surface area contributed by atoms with Crippen molar-refractivity contribution in [3.63, 3.8) is 0 Å². The topological polar surface area (TPSA) is 32.7 Å². The van der Waals surface area contributed by atoms with Gasteiger partial charge in [0.05, 0.1) is 6.10 Å². The number of hydrogen-bond acceptors (Lipinski definition) is 3. The van der Waals surface area contributed by atoms with Crippen LogP contribution in [0.5, 0.6) is 5.75 Å². The zero-order chi connectivity index (χ0) is 13.0. The van der Waals surface area contributed by atoms with Crippen molar-refractivity contribution in [2.24, 2.45) is 0 Å². The molecule has 0 unspecified atom stereocenters. The van der Waals surface area contributed by atoms with Crippen molar-refractivity contribution in [1.82, 2.24) is 4.90 Å². The van der Waals surface area contributed by atoms with E-state index in [-0.39, 0.29) is 5.75 Å². The first-order valence-corrected chi connectivity index (χ1v) is 6.50. The number of phenols is 1. The molecule has 1 aliphatic heterocycles. The molecule has 1 saturated heterocycles. The van der Waals surface area contributed by atoms with Crippen LogP contribution in [0.15, 0.2) is 18.2 Å². The summed E-state index contributed by atoms with van der Waals surface area (Å²) in [5.41, 5.74) is 0.903. The molecule has 1 heterocycles. The van der Waals surface area contributed by atoms with E-state index in [0.717, 1.165) is 44.6 Å². The Morgan fingerprint density at radius 1 is 1.39 bits per heavy atom. The first kappa shape index (κ1) is 13.3. The molecule has 2 rings (SSSR count). The Morgan fingerprint density at radius 2 is 2.11 bits per heavy atom. The molecule has 3 nitrogen and oxygen atoms in total. The average Bonchev–Trinajstić information content (AvgIpc) is 2.37. The van der Waals surface area contributed by atoms with E-state index in [1.807, 2.05) is 6.92 Å². The summed E-state index contributed by atoms with van der Waals surface area (Å²) in [6.45, 7) is 5.48. The maximum Gasteiger partial charge on any atom is 0.165 e. The summed E-state index contributed by atoms with van der Waals surface area (Å²) in [4.78, 5) is 2.29. The van der Waals surface area contributed by atoms with E-state index >= 15 is 0 Å². The molecule has 0 aromatic heterocycles. The van der Waals surface area contributed by atoms with Gasteiger partial charge in [-0.3, -0.25) is 4.90 Å². The molecule has 18 heavy (non-hydrogen) atoms. The minimum atomic E-state index is -0.545. The van der Waals surface area contributed by atoms with Gasteiger partial charge in [0, 0.05) is 26.2 Å². The Morgan fingerprint density at radius 3 is 2.72 bits per heavy atom. The molecule has 0 saturated carbocycles. The van der Waals surface area contributed by atoms with Crippen LogP contribution in [-0.4, -0.2) is 35.8 Å². The van der Waals surface area contributed by atoms with Gasteiger partial charge in [-0.15, -0.1) is 0 Å². The van der Waals surface area contributed by atoms with Crippen LogP contribution in [0.1, 0.15) is 25.3 Å². The monoisotopic (exact) mass is 253 g/mol. The predicted molar refractivity (Wildman–Crippen MR) is 68.0 cm³/mol. The second-order valence-electron chi connectivity index (χ2n) is 4.72. The zero-order valence-corrected chi connectivity index (χ0v) is 10.7. The summed E-state index contributed by atoms with van der Waals surface area (Å²) in [6.07, 6.45) is 2.45. The lowest BCUT2D eigenvalue weighted by molar-refractivity contribution is 0.0125. The highest BCUT2D eigenvalue weighted by Crippen LogP contribution is 2.20. The van der Waals surface area contributed by atoms with Gasteiger partial charge < -0.3 is 9.84 Å². The highest BCUT2D eigenvalue weighted by molar-refractivity contribution is 5.27. The molecule has 0 amide bonds. The van der Waals surface area contributed by atoms with Gasteiger partial charge in [0.1, 0.15) is 0 Å². The Balaban J connectivity index is 1.85. The van der Waals surface area contributed by atoms with Gasteiger partial charge in [-0.2, -0.15) is 0 Å². The van der Waals surface area contributed by atoms with Crippen molar-refractivity contribution < 1.29 is 14.2 Å². The fraction of sp³-hybridized carbons (Fsp3) is 0.571. The van der Waals surface area contributed by atoms with E-state index in [4.69, 9.17) is 9.84 Å². The maximum atomic E-state index is 13.2. The molecule has 1 aromatic carbocycles. The molecule has 0 aliphatic carbocycles. The lowest BCUT2D eigenvalue weighted by atomic mass is 10.1. The number of piperidine rings is 1. The largest absolute Gasteiger partial charge is 0.505 e.